The molecule has 4 N–H and O–H groups in total. The Kier molecular flexibility index (Phi) is 4.95. The van der Waals surface area contributed by atoms with Crippen LogP contribution in [0.4, 0.5) is 11.5 Å². The number of nitrogens with one attached hydrogen (secondary N) is 1. The quantitative estimate of drug-likeness (QED) is 0.723. The Morgan fingerprint density at radius 1 is 1.44 bits per heavy atom. The highest BCUT2D eigenvalue weighted by atomic mass is 16.4. The van der Waals surface area contributed by atoms with E-state index in [4.69, 9.17) is 10.8 Å². The summed E-state index contributed by atoms with van der Waals surface area (Å²) in [6.07, 6.45) is 3.56. The summed E-state index contributed by atoms with van der Waals surface area (Å²) in [5, 5.41) is 12.1. The molecule has 0 aliphatic heterocycles. The molecule has 1 aromatic rings. The molecule has 1 aromatic heterocycles. The zero-order valence-electron chi connectivity index (χ0n) is 11.1. The Labute approximate surface area is 107 Å². The van der Waals surface area contributed by atoms with Gasteiger partial charge in [0, 0.05) is 12.2 Å². The van der Waals surface area contributed by atoms with Crippen molar-refractivity contribution in [1.29, 1.82) is 0 Å². The fraction of sp³-hybridized carbons (Fsp3) is 0.538. The van der Waals surface area contributed by atoms with Crippen LogP contribution in [0.2, 0.25) is 0 Å². The smallest absolute Gasteiger partial charge is 0.337 e. The van der Waals surface area contributed by atoms with Gasteiger partial charge in [0.1, 0.15) is 5.82 Å². The minimum absolute atomic E-state index is 0.0866. The van der Waals surface area contributed by atoms with Crippen LogP contribution in [0, 0.1) is 5.92 Å². The van der Waals surface area contributed by atoms with Gasteiger partial charge in [-0.15, -0.1) is 0 Å². The van der Waals surface area contributed by atoms with Crippen molar-refractivity contribution in [1.82, 2.24) is 4.98 Å². The van der Waals surface area contributed by atoms with Crippen LogP contribution in [0.1, 0.15) is 44.0 Å². The van der Waals surface area contributed by atoms with Crippen LogP contribution in [0.25, 0.3) is 0 Å². The number of nitrogens with zero attached hydrogens (tertiary/aromatic N) is 1. The highest BCUT2D eigenvalue weighted by molar-refractivity contribution is 5.96. The largest absolute Gasteiger partial charge is 0.478 e. The molecule has 5 nitrogen and oxygen atoms in total. The third-order valence-electron chi connectivity index (χ3n) is 2.78. The lowest BCUT2D eigenvalue weighted by Crippen LogP contribution is -2.18. The number of aromatic carboxylic acids is 1. The standard InChI is InChI=1S/C13H21N3O2/c1-8(2)4-5-9(3)16-12-11(14)10(13(17)18)6-7-15-12/h6-9H,4-5,14H2,1-3H3,(H,15,16)(H,17,18). The molecule has 0 spiro atoms. The monoisotopic (exact) mass is 251 g/mol. The maximum atomic E-state index is 10.9. The maximum absolute atomic E-state index is 10.9. The molecular formula is C13H21N3O2. The van der Waals surface area contributed by atoms with Gasteiger partial charge in [-0.2, -0.15) is 0 Å². The summed E-state index contributed by atoms with van der Waals surface area (Å²) in [4.78, 5) is 15.0. The summed E-state index contributed by atoms with van der Waals surface area (Å²) in [5.41, 5.74) is 6.07. The molecule has 0 amide bonds. The molecule has 1 unspecified atom stereocenters. The Hall–Kier alpha value is -1.78. The van der Waals surface area contributed by atoms with E-state index in [1.165, 1.54) is 12.3 Å². The number of nitrogens with two attached hydrogens (primary N) is 1. The first-order chi connectivity index (χ1) is 8.41. The number of carboxylic acids is 1. The topological polar surface area (TPSA) is 88.2 Å². The van der Waals surface area contributed by atoms with Crippen molar-refractivity contribution in [2.75, 3.05) is 11.1 Å². The minimum Gasteiger partial charge on any atom is -0.478 e. The second-order valence-electron chi connectivity index (χ2n) is 4.94. The molecule has 5 heteroatoms. The SMILES string of the molecule is CC(C)CCC(C)Nc1nccc(C(=O)O)c1N. The zero-order valence-corrected chi connectivity index (χ0v) is 11.1. The predicted octanol–water partition coefficient (Wildman–Crippen LogP) is 2.60. The van der Waals surface area contributed by atoms with Gasteiger partial charge in [-0.05, 0) is 31.7 Å². The molecule has 0 aromatic carbocycles. The molecular weight excluding hydrogens is 230 g/mol. The number of carbonyl (C=O) groups is 1. The number of hydrogen-bond donors (Lipinski definition) is 3. The molecule has 0 radical (unpaired) electrons. The van der Waals surface area contributed by atoms with E-state index < -0.39 is 5.97 Å². The van der Waals surface area contributed by atoms with Crippen molar-refractivity contribution in [2.24, 2.45) is 5.92 Å². The third-order valence-corrected chi connectivity index (χ3v) is 2.78. The van der Waals surface area contributed by atoms with Gasteiger partial charge in [-0.1, -0.05) is 13.8 Å². The summed E-state index contributed by atoms with van der Waals surface area (Å²) in [7, 11) is 0. The van der Waals surface area contributed by atoms with Crippen LogP contribution in [0.15, 0.2) is 12.3 Å². The van der Waals surface area contributed by atoms with E-state index in [0.717, 1.165) is 12.8 Å². The molecule has 1 rings (SSSR count). The van der Waals surface area contributed by atoms with E-state index in [-0.39, 0.29) is 17.3 Å². The van der Waals surface area contributed by atoms with Crippen LogP contribution in [-0.2, 0) is 0 Å². The van der Waals surface area contributed by atoms with Gasteiger partial charge in [-0.3, -0.25) is 0 Å². The second-order valence-corrected chi connectivity index (χ2v) is 4.94. The lowest BCUT2D eigenvalue weighted by atomic mass is 10.0. The Morgan fingerprint density at radius 2 is 2.11 bits per heavy atom. The fourth-order valence-electron chi connectivity index (χ4n) is 1.66. The Balaban J connectivity index is 2.73. The molecule has 1 heterocycles. The van der Waals surface area contributed by atoms with E-state index in [1.807, 2.05) is 6.92 Å². The average molecular weight is 251 g/mol. The Bertz CT molecular complexity index is 419. The van der Waals surface area contributed by atoms with Gasteiger partial charge in [-0.25, -0.2) is 9.78 Å². The summed E-state index contributed by atoms with van der Waals surface area (Å²) in [6.45, 7) is 6.38. The van der Waals surface area contributed by atoms with Crippen LogP contribution >= 0.6 is 0 Å². The Morgan fingerprint density at radius 3 is 2.67 bits per heavy atom. The van der Waals surface area contributed by atoms with Crippen molar-refractivity contribution in [3.63, 3.8) is 0 Å². The van der Waals surface area contributed by atoms with Crippen molar-refractivity contribution < 1.29 is 9.90 Å². The van der Waals surface area contributed by atoms with E-state index >= 15 is 0 Å². The number of nitrogen functional groups attached to an aromatic ring is 1. The van der Waals surface area contributed by atoms with Gasteiger partial charge >= 0.3 is 5.97 Å². The van der Waals surface area contributed by atoms with Gasteiger partial charge in [0.15, 0.2) is 0 Å². The number of hydrogen-bond acceptors (Lipinski definition) is 4. The highest BCUT2D eigenvalue weighted by Gasteiger charge is 2.13. The van der Waals surface area contributed by atoms with Crippen molar-refractivity contribution in [2.45, 2.75) is 39.7 Å². The first-order valence-electron chi connectivity index (χ1n) is 6.16. The highest BCUT2D eigenvalue weighted by Crippen LogP contribution is 2.21. The van der Waals surface area contributed by atoms with Crippen LogP contribution in [-0.4, -0.2) is 22.1 Å². The number of anilines is 2. The molecule has 0 bridgehead atoms. The van der Waals surface area contributed by atoms with Gasteiger partial charge in [0.25, 0.3) is 0 Å². The maximum Gasteiger partial charge on any atom is 0.337 e. The third kappa shape index (κ3) is 3.91. The van der Waals surface area contributed by atoms with E-state index in [2.05, 4.69) is 24.1 Å². The number of aromatic nitrogens is 1. The molecule has 18 heavy (non-hydrogen) atoms. The lowest BCUT2D eigenvalue weighted by Gasteiger charge is -2.17. The molecule has 0 aliphatic rings. The number of carboxylic acid groups (broad SMARTS) is 1. The molecule has 100 valence electrons. The van der Waals surface area contributed by atoms with Gasteiger partial charge in [0.2, 0.25) is 0 Å². The molecule has 0 saturated heterocycles. The van der Waals surface area contributed by atoms with Crippen molar-refractivity contribution in [3.05, 3.63) is 17.8 Å². The van der Waals surface area contributed by atoms with E-state index in [1.54, 1.807) is 0 Å². The zero-order chi connectivity index (χ0) is 13.7. The molecule has 0 fully saturated rings. The number of rotatable bonds is 6. The van der Waals surface area contributed by atoms with Crippen LogP contribution < -0.4 is 11.1 Å². The second kappa shape index (κ2) is 6.23. The van der Waals surface area contributed by atoms with E-state index in [0.29, 0.717) is 11.7 Å². The molecule has 0 saturated carbocycles. The van der Waals surface area contributed by atoms with Gasteiger partial charge in [0.05, 0.1) is 11.3 Å². The van der Waals surface area contributed by atoms with Gasteiger partial charge < -0.3 is 16.2 Å². The van der Waals surface area contributed by atoms with Crippen LogP contribution in [0.5, 0.6) is 0 Å². The lowest BCUT2D eigenvalue weighted by molar-refractivity contribution is 0.0698. The van der Waals surface area contributed by atoms with Crippen molar-refractivity contribution in [3.8, 4) is 0 Å². The number of pyridine rings is 1. The summed E-state index contributed by atoms with van der Waals surface area (Å²) in [6, 6.07) is 1.62. The van der Waals surface area contributed by atoms with Crippen LogP contribution in [0.3, 0.4) is 0 Å². The molecule has 0 aliphatic carbocycles. The summed E-state index contributed by atoms with van der Waals surface area (Å²) in [5.74, 6) is 0.0591. The van der Waals surface area contributed by atoms with E-state index in [9.17, 15) is 4.79 Å². The summed E-state index contributed by atoms with van der Waals surface area (Å²) < 4.78 is 0. The average Bonchev–Trinajstić information content (AvgIpc) is 2.29. The summed E-state index contributed by atoms with van der Waals surface area (Å²) >= 11 is 0. The normalized spacial score (nSPS) is 12.4. The first kappa shape index (κ1) is 14.3. The predicted molar refractivity (Wildman–Crippen MR) is 72.8 cm³/mol. The minimum atomic E-state index is -1.03. The molecule has 1 atom stereocenters. The van der Waals surface area contributed by atoms with Crippen molar-refractivity contribution >= 4 is 17.5 Å². The first-order valence-corrected chi connectivity index (χ1v) is 6.16. The fourth-order valence-corrected chi connectivity index (χ4v) is 1.66.